The zero-order valence-electron chi connectivity index (χ0n) is 21.0. The van der Waals surface area contributed by atoms with Gasteiger partial charge in [0.15, 0.2) is 15.5 Å². The number of carbonyl (C=O) groups is 1. The van der Waals surface area contributed by atoms with Crippen molar-refractivity contribution in [2.24, 2.45) is 0 Å². The highest BCUT2D eigenvalue weighted by molar-refractivity contribution is 7.90. The maximum Gasteiger partial charge on any atom is 0.272 e. The average molecular weight is 561 g/mol. The third kappa shape index (κ3) is 5.93. The number of amides is 1. The predicted molar refractivity (Wildman–Crippen MR) is 141 cm³/mol. The summed E-state index contributed by atoms with van der Waals surface area (Å²) in [6, 6.07) is 7.20. The maximum atomic E-state index is 15.6. The zero-order chi connectivity index (χ0) is 27.4. The smallest absolute Gasteiger partial charge is 0.272 e. The van der Waals surface area contributed by atoms with Gasteiger partial charge >= 0.3 is 0 Å². The molecular weight excluding hydrogens is 535 g/mol. The van der Waals surface area contributed by atoms with Crippen LogP contribution in [0.3, 0.4) is 0 Å². The van der Waals surface area contributed by atoms with Crippen molar-refractivity contribution >= 4 is 38.2 Å². The van der Waals surface area contributed by atoms with E-state index < -0.39 is 21.4 Å². The van der Waals surface area contributed by atoms with Crippen LogP contribution in [0.5, 0.6) is 5.88 Å². The van der Waals surface area contributed by atoms with Crippen LogP contribution < -0.4 is 10.1 Å². The lowest BCUT2D eigenvalue weighted by molar-refractivity contribution is 0.0949. The van der Waals surface area contributed by atoms with Crippen molar-refractivity contribution in [3.8, 4) is 17.1 Å². The summed E-state index contributed by atoms with van der Waals surface area (Å²) in [6.07, 6.45) is 3.49. The van der Waals surface area contributed by atoms with Crippen LogP contribution in [0.4, 0.5) is 4.39 Å². The first-order valence-corrected chi connectivity index (χ1v) is 13.6. The standard InChI is InChI=1S/C25H26ClFN6O4S/c1-33(2)9-5-8-28-24(34)23-18-13-29-19(11-20(18)31-32-23)17-7-4-6-15(22(17)27)14-38(35,36)21-10-16(26)12-30-25(21)37-3/h4,6-7,10-13H,5,8-9,14H2,1-3H3,(H,28,34)(H,31,32). The Kier molecular flexibility index (Phi) is 8.24. The lowest BCUT2D eigenvalue weighted by atomic mass is 10.1. The molecule has 200 valence electrons. The van der Waals surface area contributed by atoms with Gasteiger partial charge in [-0.15, -0.1) is 0 Å². The SMILES string of the molecule is COc1ncc(Cl)cc1S(=O)(=O)Cc1cccc(-c2cc3[nH]nc(C(=O)NCCCN(C)C)c3cn2)c1F. The van der Waals surface area contributed by atoms with Crippen molar-refractivity contribution in [3.63, 3.8) is 0 Å². The normalized spacial score (nSPS) is 11.7. The number of nitrogens with one attached hydrogen (secondary N) is 2. The highest BCUT2D eigenvalue weighted by Crippen LogP contribution is 2.31. The van der Waals surface area contributed by atoms with Gasteiger partial charge in [-0.2, -0.15) is 5.10 Å². The second-order valence-corrected chi connectivity index (χ2v) is 11.2. The molecule has 13 heteroatoms. The largest absolute Gasteiger partial charge is 0.480 e. The second kappa shape index (κ2) is 11.4. The van der Waals surface area contributed by atoms with Crippen LogP contribution in [0.15, 0.2) is 47.6 Å². The van der Waals surface area contributed by atoms with E-state index in [2.05, 4.69) is 25.5 Å². The number of ether oxygens (including phenoxy) is 1. The third-order valence-corrected chi connectivity index (χ3v) is 7.60. The quantitative estimate of drug-likeness (QED) is 0.282. The number of hydrogen-bond donors (Lipinski definition) is 2. The molecule has 0 unspecified atom stereocenters. The maximum absolute atomic E-state index is 15.6. The Balaban J connectivity index is 1.59. The van der Waals surface area contributed by atoms with Crippen molar-refractivity contribution in [1.82, 2.24) is 30.4 Å². The summed E-state index contributed by atoms with van der Waals surface area (Å²) in [4.78, 5) is 22.6. The van der Waals surface area contributed by atoms with Gasteiger partial charge in [-0.25, -0.2) is 17.8 Å². The van der Waals surface area contributed by atoms with Crippen molar-refractivity contribution in [1.29, 1.82) is 0 Å². The number of benzene rings is 1. The molecule has 0 atom stereocenters. The summed E-state index contributed by atoms with van der Waals surface area (Å²) in [6.45, 7) is 1.33. The number of sulfone groups is 1. The van der Waals surface area contributed by atoms with Crippen molar-refractivity contribution in [2.45, 2.75) is 17.1 Å². The molecule has 0 aliphatic carbocycles. The van der Waals surface area contributed by atoms with Gasteiger partial charge in [0, 0.05) is 30.1 Å². The molecule has 4 rings (SSSR count). The summed E-state index contributed by atoms with van der Waals surface area (Å²) < 4.78 is 46.8. The molecule has 1 aromatic carbocycles. The van der Waals surface area contributed by atoms with E-state index in [1.807, 2.05) is 19.0 Å². The Bertz CT molecular complexity index is 1590. The minimum absolute atomic E-state index is 0.0613. The van der Waals surface area contributed by atoms with Crippen molar-refractivity contribution in [2.75, 3.05) is 34.3 Å². The van der Waals surface area contributed by atoms with Crippen LogP contribution in [-0.4, -0.2) is 73.7 Å². The van der Waals surface area contributed by atoms with Crippen molar-refractivity contribution < 1.29 is 22.3 Å². The van der Waals surface area contributed by atoms with E-state index in [1.54, 1.807) is 12.1 Å². The molecule has 3 aromatic heterocycles. The van der Waals surface area contributed by atoms with Gasteiger partial charge in [0.2, 0.25) is 5.88 Å². The second-order valence-electron chi connectivity index (χ2n) is 8.80. The number of aromatic amines is 1. The first-order valence-electron chi connectivity index (χ1n) is 11.6. The molecule has 0 saturated heterocycles. The van der Waals surface area contributed by atoms with E-state index in [4.69, 9.17) is 16.3 Å². The van der Waals surface area contributed by atoms with Crippen molar-refractivity contribution in [3.05, 3.63) is 64.8 Å². The van der Waals surface area contributed by atoms with Gasteiger partial charge in [0.05, 0.1) is 34.5 Å². The summed E-state index contributed by atoms with van der Waals surface area (Å²) in [5.74, 6) is -1.85. The number of aromatic nitrogens is 4. The molecule has 2 N–H and O–H groups in total. The van der Waals surface area contributed by atoms with Crippen LogP contribution in [0.1, 0.15) is 22.5 Å². The fourth-order valence-corrected chi connectivity index (χ4v) is 5.59. The first-order chi connectivity index (χ1) is 18.1. The van der Waals surface area contributed by atoms with Gasteiger partial charge in [-0.3, -0.25) is 14.9 Å². The molecule has 0 radical (unpaired) electrons. The summed E-state index contributed by atoms with van der Waals surface area (Å²) in [5.41, 5.74) is 0.959. The van der Waals surface area contributed by atoms with Gasteiger partial charge in [-0.05, 0) is 45.3 Å². The Hall–Kier alpha value is -3.61. The fraction of sp³-hybridized carbons (Fsp3) is 0.280. The Morgan fingerprint density at radius 1 is 1.21 bits per heavy atom. The molecule has 0 fully saturated rings. The fourth-order valence-electron chi connectivity index (χ4n) is 3.87. The number of fused-ring (bicyclic) bond motifs is 1. The third-order valence-electron chi connectivity index (χ3n) is 5.74. The summed E-state index contributed by atoms with van der Waals surface area (Å²) in [7, 11) is 1.15. The molecule has 0 aliphatic heterocycles. The highest BCUT2D eigenvalue weighted by atomic mass is 35.5. The van der Waals surface area contributed by atoms with Crippen LogP contribution in [0.25, 0.3) is 22.2 Å². The minimum Gasteiger partial charge on any atom is -0.480 e. The number of halogens is 2. The molecule has 4 aromatic rings. The van der Waals surface area contributed by atoms with E-state index >= 15 is 4.39 Å². The first kappa shape index (κ1) is 27.4. The van der Waals surface area contributed by atoms with Gasteiger partial charge in [0.1, 0.15) is 10.7 Å². The molecule has 3 heterocycles. The Morgan fingerprint density at radius 3 is 2.74 bits per heavy atom. The summed E-state index contributed by atoms with van der Waals surface area (Å²) >= 11 is 5.93. The number of pyridine rings is 2. The van der Waals surface area contributed by atoms with Gasteiger partial charge in [0.25, 0.3) is 5.91 Å². The molecule has 0 bridgehead atoms. The number of H-pyrrole nitrogens is 1. The number of hydrogen-bond acceptors (Lipinski definition) is 8. The Morgan fingerprint density at radius 2 is 2.00 bits per heavy atom. The van der Waals surface area contributed by atoms with E-state index in [-0.39, 0.29) is 44.2 Å². The van der Waals surface area contributed by atoms with E-state index in [0.717, 1.165) is 13.0 Å². The topological polar surface area (TPSA) is 130 Å². The highest BCUT2D eigenvalue weighted by Gasteiger charge is 2.25. The van der Waals surface area contributed by atoms with Crippen LogP contribution in [0.2, 0.25) is 5.02 Å². The molecule has 0 spiro atoms. The molecule has 10 nitrogen and oxygen atoms in total. The zero-order valence-corrected chi connectivity index (χ0v) is 22.5. The van der Waals surface area contributed by atoms with Gasteiger partial charge in [-0.1, -0.05) is 23.7 Å². The van der Waals surface area contributed by atoms with Crippen LogP contribution in [-0.2, 0) is 15.6 Å². The average Bonchev–Trinajstić information content (AvgIpc) is 3.31. The number of carbonyl (C=O) groups excluding carboxylic acids is 1. The van der Waals surface area contributed by atoms with E-state index in [1.165, 1.54) is 37.7 Å². The minimum atomic E-state index is -4.05. The van der Waals surface area contributed by atoms with Crippen LogP contribution in [0, 0.1) is 5.82 Å². The van der Waals surface area contributed by atoms with Gasteiger partial charge < -0.3 is 15.0 Å². The van der Waals surface area contributed by atoms with E-state index in [9.17, 15) is 13.2 Å². The predicted octanol–water partition coefficient (Wildman–Crippen LogP) is 3.48. The number of methoxy groups -OCH3 is 1. The lowest BCUT2D eigenvalue weighted by Gasteiger charge is -2.11. The monoisotopic (exact) mass is 560 g/mol. The number of nitrogens with zero attached hydrogens (tertiary/aromatic N) is 4. The molecule has 0 saturated carbocycles. The molecule has 1 amide bonds. The van der Waals surface area contributed by atoms with Crippen LogP contribution >= 0.6 is 11.6 Å². The lowest BCUT2D eigenvalue weighted by Crippen LogP contribution is -2.27. The molecule has 0 aliphatic rings. The molecular formula is C25H26ClFN6O4S. The Labute approximate surface area is 224 Å². The molecule has 38 heavy (non-hydrogen) atoms. The number of rotatable bonds is 10. The summed E-state index contributed by atoms with van der Waals surface area (Å²) in [5, 5.41) is 10.3. The van der Waals surface area contributed by atoms with E-state index in [0.29, 0.717) is 17.4 Å².